The summed E-state index contributed by atoms with van der Waals surface area (Å²) in [6, 6.07) is 11.5. The zero-order valence-corrected chi connectivity index (χ0v) is 15.7. The fourth-order valence-corrected chi connectivity index (χ4v) is 2.48. The number of carbonyl (C=O) groups is 2. The fraction of sp³-hybridized carbons (Fsp3) is 0.263. The Morgan fingerprint density at radius 2 is 1.76 bits per heavy atom. The molecule has 0 radical (unpaired) electrons. The van der Waals surface area contributed by atoms with Crippen LogP contribution in [0.25, 0.3) is 0 Å². The highest BCUT2D eigenvalue weighted by Gasteiger charge is 2.14. The highest BCUT2D eigenvalue weighted by Crippen LogP contribution is 2.27. The summed E-state index contributed by atoms with van der Waals surface area (Å²) in [5, 5.41) is 0. The number of ether oxygens (including phenoxy) is 3. The van der Waals surface area contributed by atoms with Gasteiger partial charge in [-0.05, 0) is 65.7 Å². The zero-order valence-electron chi connectivity index (χ0n) is 14.1. The molecule has 2 rings (SSSR count). The number of carbonyl (C=O) groups excluding carboxylic acids is 2. The molecular formula is C19H19BrO5. The lowest BCUT2D eigenvalue weighted by Gasteiger charge is -2.09. The molecule has 0 saturated carbocycles. The molecule has 0 heterocycles. The van der Waals surface area contributed by atoms with Crippen molar-refractivity contribution in [1.29, 1.82) is 0 Å². The van der Waals surface area contributed by atoms with Gasteiger partial charge in [-0.2, -0.15) is 0 Å². The highest BCUT2D eigenvalue weighted by atomic mass is 79.9. The summed E-state index contributed by atoms with van der Waals surface area (Å²) in [5.41, 5.74) is 0.762. The van der Waals surface area contributed by atoms with Gasteiger partial charge in [0.15, 0.2) is 0 Å². The van der Waals surface area contributed by atoms with E-state index < -0.39 is 11.9 Å². The molecule has 132 valence electrons. The summed E-state index contributed by atoms with van der Waals surface area (Å²) in [4.78, 5) is 24.0. The maximum absolute atomic E-state index is 12.3. The quantitative estimate of drug-likeness (QED) is 0.495. The Morgan fingerprint density at radius 3 is 2.44 bits per heavy atom. The molecule has 0 atom stereocenters. The Kier molecular flexibility index (Phi) is 7.01. The van der Waals surface area contributed by atoms with Crippen LogP contribution in [-0.2, 0) is 4.74 Å². The summed E-state index contributed by atoms with van der Waals surface area (Å²) in [5.74, 6) is -0.000614. The van der Waals surface area contributed by atoms with E-state index in [1.165, 1.54) is 0 Å². The molecule has 0 amide bonds. The van der Waals surface area contributed by atoms with Crippen molar-refractivity contribution in [2.75, 3.05) is 13.2 Å². The summed E-state index contributed by atoms with van der Waals surface area (Å²) in [6.45, 7) is 4.63. The summed E-state index contributed by atoms with van der Waals surface area (Å²) >= 11 is 3.31. The van der Waals surface area contributed by atoms with E-state index in [0.717, 1.165) is 6.42 Å². The van der Waals surface area contributed by atoms with Crippen molar-refractivity contribution in [2.24, 2.45) is 0 Å². The smallest absolute Gasteiger partial charge is 0.343 e. The zero-order chi connectivity index (χ0) is 18.2. The third-order valence-electron chi connectivity index (χ3n) is 3.19. The molecule has 25 heavy (non-hydrogen) atoms. The van der Waals surface area contributed by atoms with Gasteiger partial charge in [0.25, 0.3) is 0 Å². The summed E-state index contributed by atoms with van der Waals surface area (Å²) in [6.07, 6.45) is 0.883. The minimum absolute atomic E-state index is 0.295. The van der Waals surface area contributed by atoms with Gasteiger partial charge in [0.1, 0.15) is 11.5 Å². The monoisotopic (exact) mass is 406 g/mol. The van der Waals surface area contributed by atoms with Gasteiger partial charge in [-0.1, -0.05) is 13.0 Å². The molecule has 0 aromatic heterocycles. The summed E-state index contributed by atoms with van der Waals surface area (Å²) in [7, 11) is 0. The predicted octanol–water partition coefficient (Wildman–Crippen LogP) is 4.63. The van der Waals surface area contributed by atoms with Crippen LogP contribution in [0.15, 0.2) is 46.9 Å². The normalized spacial score (nSPS) is 10.2. The average molecular weight is 407 g/mol. The minimum Gasteiger partial charge on any atom is -0.494 e. The van der Waals surface area contributed by atoms with Crippen LogP contribution in [0.4, 0.5) is 0 Å². The van der Waals surface area contributed by atoms with Crippen molar-refractivity contribution in [3.8, 4) is 11.5 Å². The van der Waals surface area contributed by atoms with Crippen LogP contribution in [-0.4, -0.2) is 25.2 Å². The first-order valence-electron chi connectivity index (χ1n) is 7.96. The molecule has 6 heteroatoms. The van der Waals surface area contributed by atoms with Gasteiger partial charge in [-0.25, -0.2) is 9.59 Å². The van der Waals surface area contributed by atoms with Crippen LogP contribution < -0.4 is 9.47 Å². The van der Waals surface area contributed by atoms with E-state index in [0.29, 0.717) is 40.3 Å². The molecular weight excluding hydrogens is 388 g/mol. The second kappa shape index (κ2) is 9.22. The van der Waals surface area contributed by atoms with Crippen molar-refractivity contribution in [1.82, 2.24) is 0 Å². The number of hydrogen-bond donors (Lipinski definition) is 0. The lowest BCUT2D eigenvalue weighted by atomic mass is 10.2. The van der Waals surface area contributed by atoms with E-state index in [4.69, 9.17) is 14.2 Å². The fourth-order valence-electron chi connectivity index (χ4n) is 2.02. The van der Waals surface area contributed by atoms with Crippen LogP contribution in [0.2, 0.25) is 0 Å². The molecule has 0 spiro atoms. The molecule has 0 fully saturated rings. The van der Waals surface area contributed by atoms with Crippen LogP contribution in [0.5, 0.6) is 11.5 Å². The lowest BCUT2D eigenvalue weighted by Crippen LogP contribution is -2.10. The Balaban J connectivity index is 2.11. The maximum Gasteiger partial charge on any atom is 0.343 e. The first-order chi connectivity index (χ1) is 12.0. The molecule has 2 aromatic rings. The van der Waals surface area contributed by atoms with E-state index in [2.05, 4.69) is 15.9 Å². The van der Waals surface area contributed by atoms with Crippen LogP contribution >= 0.6 is 15.9 Å². The average Bonchev–Trinajstić information content (AvgIpc) is 2.62. The largest absolute Gasteiger partial charge is 0.494 e. The maximum atomic E-state index is 12.3. The molecule has 0 aliphatic heterocycles. The van der Waals surface area contributed by atoms with Gasteiger partial charge >= 0.3 is 11.9 Å². The molecule has 2 aromatic carbocycles. The first kappa shape index (κ1) is 19.0. The Hall–Kier alpha value is -2.34. The van der Waals surface area contributed by atoms with Gasteiger partial charge < -0.3 is 14.2 Å². The van der Waals surface area contributed by atoms with Crippen molar-refractivity contribution >= 4 is 27.9 Å². The third kappa shape index (κ3) is 5.32. The Labute approximate surface area is 155 Å². The van der Waals surface area contributed by atoms with E-state index >= 15 is 0 Å². The Morgan fingerprint density at radius 1 is 1.00 bits per heavy atom. The number of rotatable bonds is 7. The van der Waals surface area contributed by atoms with Gasteiger partial charge in [-0.15, -0.1) is 0 Å². The summed E-state index contributed by atoms with van der Waals surface area (Å²) < 4.78 is 16.3. The molecule has 0 bridgehead atoms. The van der Waals surface area contributed by atoms with Gasteiger partial charge in [-0.3, -0.25) is 0 Å². The molecule has 0 N–H and O–H groups in total. The molecule has 0 aliphatic rings. The second-order valence-electron chi connectivity index (χ2n) is 5.13. The van der Waals surface area contributed by atoms with E-state index in [1.54, 1.807) is 49.4 Å². The first-order valence-corrected chi connectivity index (χ1v) is 8.76. The Bertz CT molecular complexity index is 757. The van der Waals surface area contributed by atoms with E-state index in [9.17, 15) is 9.59 Å². The highest BCUT2D eigenvalue weighted by molar-refractivity contribution is 9.10. The topological polar surface area (TPSA) is 61.8 Å². The SMILES string of the molecule is CCCOc1cccc(C(=O)Oc2ccc(C(=O)OCC)cc2Br)c1. The van der Waals surface area contributed by atoms with Crippen LogP contribution in [0, 0.1) is 0 Å². The van der Waals surface area contributed by atoms with Crippen molar-refractivity contribution < 1.29 is 23.8 Å². The van der Waals surface area contributed by atoms with Crippen molar-refractivity contribution in [3.05, 3.63) is 58.1 Å². The van der Waals surface area contributed by atoms with Crippen molar-refractivity contribution in [2.45, 2.75) is 20.3 Å². The van der Waals surface area contributed by atoms with Crippen molar-refractivity contribution in [3.63, 3.8) is 0 Å². The van der Waals surface area contributed by atoms with Gasteiger partial charge in [0, 0.05) is 0 Å². The molecule has 0 aliphatic carbocycles. The van der Waals surface area contributed by atoms with Gasteiger partial charge in [0.2, 0.25) is 0 Å². The molecule has 0 saturated heterocycles. The predicted molar refractivity (Wildman–Crippen MR) is 97.3 cm³/mol. The van der Waals surface area contributed by atoms with E-state index in [-0.39, 0.29) is 0 Å². The number of esters is 2. The van der Waals surface area contributed by atoms with E-state index in [1.807, 2.05) is 6.92 Å². The number of halogens is 1. The molecule has 0 unspecified atom stereocenters. The number of benzene rings is 2. The lowest BCUT2D eigenvalue weighted by molar-refractivity contribution is 0.0526. The number of hydrogen-bond acceptors (Lipinski definition) is 5. The second-order valence-corrected chi connectivity index (χ2v) is 5.99. The third-order valence-corrected chi connectivity index (χ3v) is 3.81. The standard InChI is InChI=1S/C19H19BrO5/c1-3-10-24-15-7-5-6-13(11-15)19(22)25-17-9-8-14(12-16(17)20)18(21)23-4-2/h5-9,11-12H,3-4,10H2,1-2H3. The minimum atomic E-state index is -0.508. The van der Waals surface area contributed by atoms with Crippen LogP contribution in [0.1, 0.15) is 41.0 Å². The molecule has 5 nitrogen and oxygen atoms in total. The van der Waals surface area contributed by atoms with Gasteiger partial charge in [0.05, 0.1) is 28.8 Å². The van der Waals surface area contributed by atoms with Crippen LogP contribution in [0.3, 0.4) is 0 Å².